The molecule has 0 fully saturated rings. The van der Waals surface area contributed by atoms with Crippen molar-refractivity contribution in [3.05, 3.63) is 82.2 Å². The smallest absolute Gasteiger partial charge is 0.270 e. The molecule has 1 N–H and O–H groups in total. The Kier molecular flexibility index (Phi) is 5.36. The number of benzene rings is 2. The van der Waals surface area contributed by atoms with E-state index in [-0.39, 0.29) is 23.3 Å². The van der Waals surface area contributed by atoms with Crippen molar-refractivity contribution < 1.29 is 14.2 Å². The number of non-ortho nitro benzene ring substituents is 1. The Morgan fingerprint density at radius 3 is 2.74 bits per heavy atom. The fourth-order valence-electron chi connectivity index (χ4n) is 2.35. The van der Waals surface area contributed by atoms with Crippen molar-refractivity contribution in [3.63, 3.8) is 0 Å². The Morgan fingerprint density at radius 2 is 2.00 bits per heavy atom. The number of hydrogen-bond acceptors (Lipinski definition) is 6. The van der Waals surface area contributed by atoms with Crippen molar-refractivity contribution in [2.75, 3.05) is 0 Å². The molecule has 136 valence electrons. The van der Waals surface area contributed by atoms with Crippen LogP contribution in [0.3, 0.4) is 0 Å². The van der Waals surface area contributed by atoms with Crippen LogP contribution in [-0.2, 0) is 4.79 Å². The summed E-state index contributed by atoms with van der Waals surface area (Å²) in [7, 11) is 0. The molecule has 8 heteroatoms. The number of rotatable bonds is 6. The number of nitrogens with one attached hydrogen (secondary N) is 1. The van der Waals surface area contributed by atoms with Crippen LogP contribution in [0.5, 0.6) is 0 Å². The molecule has 0 saturated carbocycles. The Hall–Kier alpha value is -3.81. The third kappa shape index (κ3) is 4.63. The molecule has 1 atom stereocenters. The van der Waals surface area contributed by atoms with Gasteiger partial charge in [-0.3, -0.25) is 14.9 Å². The lowest BCUT2D eigenvalue weighted by Crippen LogP contribution is -2.24. The molecular weight excluding hydrogens is 348 g/mol. The average molecular weight is 364 g/mol. The Labute approximate surface area is 154 Å². The normalized spacial score (nSPS) is 12.0. The minimum atomic E-state index is -0.516. The van der Waals surface area contributed by atoms with Crippen LogP contribution >= 0.6 is 0 Å². The SMILES string of the molecule is CC(NC(=O)C=Cc1ccccc1)c1nc(-c2cccc([N+](=O)[O-])c2)no1. The van der Waals surface area contributed by atoms with Gasteiger partial charge in [0.15, 0.2) is 0 Å². The Bertz CT molecular complexity index is 982. The topological polar surface area (TPSA) is 111 Å². The van der Waals surface area contributed by atoms with Gasteiger partial charge in [0.2, 0.25) is 17.6 Å². The second-order valence-electron chi connectivity index (χ2n) is 5.74. The van der Waals surface area contributed by atoms with Crippen LogP contribution in [0.25, 0.3) is 17.5 Å². The maximum atomic E-state index is 12.0. The zero-order valence-corrected chi connectivity index (χ0v) is 14.4. The summed E-state index contributed by atoms with van der Waals surface area (Å²) < 4.78 is 5.18. The van der Waals surface area contributed by atoms with Gasteiger partial charge in [0.05, 0.1) is 4.92 Å². The molecule has 1 aromatic heterocycles. The molecule has 0 radical (unpaired) electrons. The van der Waals surface area contributed by atoms with E-state index in [0.29, 0.717) is 5.56 Å². The quantitative estimate of drug-likeness (QED) is 0.407. The summed E-state index contributed by atoms with van der Waals surface area (Å²) >= 11 is 0. The standard InChI is InChI=1S/C19H16N4O4/c1-13(20-17(24)11-10-14-6-3-2-4-7-14)19-21-18(22-27-19)15-8-5-9-16(12-15)23(25)26/h2-13H,1H3,(H,20,24). The summed E-state index contributed by atoms with van der Waals surface area (Å²) in [6, 6.07) is 14.9. The molecule has 0 aliphatic heterocycles. The number of amides is 1. The number of nitrogens with zero attached hydrogens (tertiary/aromatic N) is 3. The average Bonchev–Trinajstić information content (AvgIpc) is 3.18. The minimum absolute atomic E-state index is 0.0637. The van der Waals surface area contributed by atoms with Crippen molar-refractivity contribution in [1.29, 1.82) is 0 Å². The van der Waals surface area contributed by atoms with E-state index < -0.39 is 11.0 Å². The molecule has 0 spiro atoms. The maximum absolute atomic E-state index is 12.0. The first-order valence-electron chi connectivity index (χ1n) is 8.15. The highest BCUT2D eigenvalue weighted by atomic mass is 16.6. The second kappa shape index (κ2) is 8.05. The number of carbonyl (C=O) groups is 1. The number of carbonyl (C=O) groups excluding carboxylic acids is 1. The lowest BCUT2D eigenvalue weighted by Gasteiger charge is -2.06. The highest BCUT2D eigenvalue weighted by molar-refractivity contribution is 5.91. The largest absolute Gasteiger partial charge is 0.341 e. The highest BCUT2D eigenvalue weighted by Gasteiger charge is 2.17. The molecule has 1 amide bonds. The number of hydrogen-bond donors (Lipinski definition) is 1. The lowest BCUT2D eigenvalue weighted by atomic mass is 10.2. The monoisotopic (exact) mass is 364 g/mol. The molecule has 1 unspecified atom stereocenters. The molecule has 0 saturated heterocycles. The lowest BCUT2D eigenvalue weighted by molar-refractivity contribution is -0.384. The van der Waals surface area contributed by atoms with E-state index >= 15 is 0 Å². The summed E-state index contributed by atoms with van der Waals surface area (Å²) in [6.07, 6.45) is 3.12. The predicted molar refractivity (Wildman–Crippen MR) is 98.4 cm³/mol. The molecule has 0 aliphatic carbocycles. The second-order valence-corrected chi connectivity index (χ2v) is 5.74. The molecule has 1 heterocycles. The molecule has 2 aromatic carbocycles. The number of nitro benzene ring substituents is 1. The van der Waals surface area contributed by atoms with Crippen molar-refractivity contribution in [3.8, 4) is 11.4 Å². The Balaban J connectivity index is 1.67. The van der Waals surface area contributed by atoms with Gasteiger partial charge in [-0.05, 0) is 18.6 Å². The highest BCUT2D eigenvalue weighted by Crippen LogP contribution is 2.22. The van der Waals surface area contributed by atoms with Crippen LogP contribution in [0.15, 0.2) is 65.2 Å². The molecule has 27 heavy (non-hydrogen) atoms. The summed E-state index contributed by atoms with van der Waals surface area (Å²) in [6.45, 7) is 1.71. The van der Waals surface area contributed by atoms with E-state index in [1.54, 1.807) is 25.1 Å². The van der Waals surface area contributed by atoms with E-state index in [4.69, 9.17) is 4.52 Å². The van der Waals surface area contributed by atoms with Gasteiger partial charge in [0.1, 0.15) is 6.04 Å². The first-order valence-corrected chi connectivity index (χ1v) is 8.15. The first kappa shape index (κ1) is 18.0. The molecule has 3 aromatic rings. The van der Waals surface area contributed by atoms with E-state index in [2.05, 4.69) is 15.5 Å². The number of nitro groups is 1. The van der Waals surface area contributed by atoms with Crippen molar-refractivity contribution >= 4 is 17.7 Å². The van der Waals surface area contributed by atoms with Gasteiger partial charge in [-0.1, -0.05) is 47.6 Å². The van der Waals surface area contributed by atoms with Gasteiger partial charge in [0, 0.05) is 23.8 Å². The molecule has 0 aliphatic rings. The fourth-order valence-corrected chi connectivity index (χ4v) is 2.35. The third-order valence-corrected chi connectivity index (χ3v) is 3.71. The van der Waals surface area contributed by atoms with Crippen LogP contribution < -0.4 is 5.32 Å². The first-order chi connectivity index (χ1) is 13.0. The van der Waals surface area contributed by atoms with Crippen molar-refractivity contribution in [2.45, 2.75) is 13.0 Å². The third-order valence-electron chi connectivity index (χ3n) is 3.71. The van der Waals surface area contributed by atoms with Gasteiger partial charge in [0.25, 0.3) is 5.69 Å². The van der Waals surface area contributed by atoms with E-state index in [0.717, 1.165) is 5.56 Å². The minimum Gasteiger partial charge on any atom is -0.341 e. The molecule has 0 bridgehead atoms. The van der Waals surface area contributed by atoms with Gasteiger partial charge >= 0.3 is 0 Å². The summed E-state index contributed by atoms with van der Waals surface area (Å²) in [4.78, 5) is 26.6. The van der Waals surface area contributed by atoms with Crippen molar-refractivity contribution in [1.82, 2.24) is 15.5 Å². The van der Waals surface area contributed by atoms with E-state index in [1.165, 1.54) is 18.2 Å². The van der Waals surface area contributed by atoms with Crippen LogP contribution in [0.2, 0.25) is 0 Å². The molecule has 3 rings (SSSR count). The predicted octanol–water partition coefficient (Wildman–Crippen LogP) is 3.54. The Morgan fingerprint density at radius 1 is 1.22 bits per heavy atom. The molecular formula is C19H16N4O4. The number of aromatic nitrogens is 2. The van der Waals surface area contributed by atoms with Gasteiger partial charge in [-0.2, -0.15) is 4.98 Å². The van der Waals surface area contributed by atoms with E-state index in [1.807, 2.05) is 30.3 Å². The van der Waals surface area contributed by atoms with Crippen LogP contribution in [0.4, 0.5) is 5.69 Å². The summed E-state index contributed by atoms with van der Waals surface area (Å²) in [5.41, 5.74) is 1.30. The fraction of sp³-hybridized carbons (Fsp3) is 0.105. The molecule has 8 nitrogen and oxygen atoms in total. The maximum Gasteiger partial charge on any atom is 0.270 e. The zero-order valence-electron chi connectivity index (χ0n) is 14.4. The van der Waals surface area contributed by atoms with Crippen LogP contribution in [0, 0.1) is 10.1 Å². The summed E-state index contributed by atoms with van der Waals surface area (Å²) in [5, 5.41) is 17.4. The van der Waals surface area contributed by atoms with Gasteiger partial charge in [-0.25, -0.2) is 0 Å². The zero-order chi connectivity index (χ0) is 19.2. The summed E-state index contributed by atoms with van der Waals surface area (Å²) in [5.74, 6) is 0.119. The van der Waals surface area contributed by atoms with E-state index in [9.17, 15) is 14.9 Å². The van der Waals surface area contributed by atoms with Crippen LogP contribution in [0.1, 0.15) is 24.4 Å². The van der Waals surface area contributed by atoms with Crippen LogP contribution in [-0.4, -0.2) is 21.0 Å². The van der Waals surface area contributed by atoms with Gasteiger partial charge < -0.3 is 9.84 Å². The van der Waals surface area contributed by atoms with Crippen molar-refractivity contribution in [2.24, 2.45) is 0 Å². The van der Waals surface area contributed by atoms with Gasteiger partial charge in [-0.15, -0.1) is 0 Å².